The second-order valence-electron chi connectivity index (χ2n) is 6.04. The summed E-state index contributed by atoms with van der Waals surface area (Å²) in [4.78, 5) is 18.5. The average molecular weight is 331 g/mol. The predicted octanol–water partition coefficient (Wildman–Crippen LogP) is 2.50. The van der Waals surface area contributed by atoms with Crippen molar-refractivity contribution in [2.75, 3.05) is 25.1 Å². The number of amides is 2. The van der Waals surface area contributed by atoms with Gasteiger partial charge in [0.05, 0.1) is 25.1 Å². The van der Waals surface area contributed by atoms with E-state index in [-0.39, 0.29) is 11.9 Å². The molecule has 0 unspecified atom stereocenters. The highest BCUT2D eigenvalue weighted by Crippen LogP contribution is 2.25. The zero-order valence-corrected chi connectivity index (χ0v) is 14.0. The quantitative estimate of drug-likeness (QED) is 0.929. The van der Waals surface area contributed by atoms with Crippen molar-refractivity contribution in [3.05, 3.63) is 35.8 Å². The number of hydrogen-bond donors (Lipinski definition) is 1. The van der Waals surface area contributed by atoms with Crippen LogP contribution in [0.4, 0.5) is 10.5 Å². The Balaban J connectivity index is 1.75. The second kappa shape index (κ2) is 6.96. The molecule has 3 heterocycles. The first-order chi connectivity index (χ1) is 11.5. The van der Waals surface area contributed by atoms with Crippen molar-refractivity contribution >= 4 is 11.7 Å². The summed E-state index contributed by atoms with van der Waals surface area (Å²) in [6.45, 7) is 7.11. The summed E-state index contributed by atoms with van der Waals surface area (Å²) < 4.78 is 11.2. The molecule has 128 valence electrons. The number of carbonyl (C=O) groups is 1. The Labute approximate surface area is 140 Å². The Morgan fingerprint density at radius 3 is 2.88 bits per heavy atom. The number of aromatic nitrogens is 3. The summed E-state index contributed by atoms with van der Waals surface area (Å²) in [6.07, 6.45) is 1.63. The maximum Gasteiger partial charge on any atom is 0.322 e. The second-order valence-corrected chi connectivity index (χ2v) is 6.04. The predicted molar refractivity (Wildman–Crippen MR) is 86.6 cm³/mol. The normalized spacial score (nSPS) is 18.0. The molecule has 1 N–H and O–H groups in total. The van der Waals surface area contributed by atoms with E-state index in [0.29, 0.717) is 37.2 Å². The fourth-order valence-electron chi connectivity index (χ4n) is 2.40. The molecule has 1 aliphatic heterocycles. The minimum absolute atomic E-state index is 0.136. The van der Waals surface area contributed by atoms with E-state index < -0.39 is 6.04 Å². The number of pyridine rings is 1. The van der Waals surface area contributed by atoms with Gasteiger partial charge in [0, 0.05) is 18.2 Å². The van der Waals surface area contributed by atoms with Gasteiger partial charge in [0.25, 0.3) is 0 Å². The van der Waals surface area contributed by atoms with E-state index in [9.17, 15) is 4.79 Å². The molecule has 0 aromatic carbocycles. The van der Waals surface area contributed by atoms with Crippen molar-refractivity contribution in [1.82, 2.24) is 20.1 Å². The van der Waals surface area contributed by atoms with E-state index in [1.165, 1.54) is 0 Å². The van der Waals surface area contributed by atoms with E-state index in [1.54, 1.807) is 11.1 Å². The SMILES string of the molecule is Cc1ccc(NC(=O)N2CCOC[C@@H]2c2nnc(C(C)C)o2)cn1. The number of carbonyl (C=O) groups excluding carboxylic acids is 1. The number of rotatable bonds is 3. The molecule has 2 aromatic heterocycles. The summed E-state index contributed by atoms with van der Waals surface area (Å²) in [5.41, 5.74) is 1.54. The highest BCUT2D eigenvalue weighted by atomic mass is 16.5. The van der Waals surface area contributed by atoms with Gasteiger partial charge in [-0.2, -0.15) is 0 Å². The lowest BCUT2D eigenvalue weighted by Gasteiger charge is -2.33. The topological polar surface area (TPSA) is 93.4 Å². The minimum atomic E-state index is -0.392. The van der Waals surface area contributed by atoms with Gasteiger partial charge in [-0.15, -0.1) is 10.2 Å². The molecule has 1 saturated heterocycles. The molecule has 0 saturated carbocycles. The molecular weight excluding hydrogens is 310 g/mol. The Hall–Kier alpha value is -2.48. The number of aryl methyl sites for hydroxylation is 1. The van der Waals surface area contributed by atoms with Crippen LogP contribution in [0.1, 0.15) is 43.3 Å². The lowest BCUT2D eigenvalue weighted by atomic mass is 10.2. The summed E-state index contributed by atoms with van der Waals surface area (Å²) in [7, 11) is 0. The van der Waals surface area contributed by atoms with Gasteiger partial charge in [0.15, 0.2) is 0 Å². The third-order valence-corrected chi connectivity index (χ3v) is 3.79. The largest absolute Gasteiger partial charge is 0.423 e. The number of nitrogens with one attached hydrogen (secondary N) is 1. The van der Waals surface area contributed by atoms with Crippen LogP contribution in [0.3, 0.4) is 0 Å². The third kappa shape index (κ3) is 3.53. The van der Waals surface area contributed by atoms with Crippen molar-refractivity contribution in [2.24, 2.45) is 0 Å². The van der Waals surface area contributed by atoms with Crippen LogP contribution in [0.25, 0.3) is 0 Å². The zero-order chi connectivity index (χ0) is 17.1. The first kappa shape index (κ1) is 16.4. The zero-order valence-electron chi connectivity index (χ0n) is 14.0. The smallest absolute Gasteiger partial charge is 0.322 e. The fraction of sp³-hybridized carbons (Fsp3) is 0.500. The van der Waals surface area contributed by atoms with Crippen molar-refractivity contribution in [3.63, 3.8) is 0 Å². The molecule has 0 aliphatic carbocycles. The monoisotopic (exact) mass is 331 g/mol. The Bertz CT molecular complexity index is 698. The first-order valence-corrected chi connectivity index (χ1v) is 7.96. The number of nitrogens with zero attached hydrogens (tertiary/aromatic N) is 4. The van der Waals surface area contributed by atoms with Gasteiger partial charge < -0.3 is 19.4 Å². The molecule has 24 heavy (non-hydrogen) atoms. The molecular formula is C16H21N5O3. The van der Waals surface area contributed by atoms with Crippen LogP contribution in [0.15, 0.2) is 22.7 Å². The van der Waals surface area contributed by atoms with E-state index in [1.807, 2.05) is 32.9 Å². The molecule has 0 radical (unpaired) electrons. The standard InChI is InChI=1S/C16H21N5O3/c1-10(2)14-19-20-15(24-14)13-9-23-7-6-21(13)16(22)18-12-5-4-11(3)17-8-12/h4-5,8,10,13H,6-7,9H2,1-3H3,(H,18,22)/t13-/m1/s1. The highest BCUT2D eigenvalue weighted by Gasteiger charge is 2.33. The summed E-state index contributed by atoms with van der Waals surface area (Å²) >= 11 is 0. The minimum Gasteiger partial charge on any atom is -0.423 e. The lowest BCUT2D eigenvalue weighted by Crippen LogP contribution is -2.45. The number of hydrogen-bond acceptors (Lipinski definition) is 6. The number of ether oxygens (including phenoxy) is 1. The van der Waals surface area contributed by atoms with Gasteiger partial charge in [0.2, 0.25) is 11.8 Å². The fourth-order valence-corrected chi connectivity index (χ4v) is 2.40. The van der Waals surface area contributed by atoms with Gasteiger partial charge in [-0.25, -0.2) is 4.79 Å². The maximum atomic E-state index is 12.6. The van der Waals surface area contributed by atoms with Crippen LogP contribution < -0.4 is 5.32 Å². The third-order valence-electron chi connectivity index (χ3n) is 3.79. The van der Waals surface area contributed by atoms with Crippen molar-refractivity contribution in [3.8, 4) is 0 Å². The summed E-state index contributed by atoms with van der Waals surface area (Å²) in [5.74, 6) is 1.09. The van der Waals surface area contributed by atoms with E-state index in [0.717, 1.165) is 5.69 Å². The van der Waals surface area contributed by atoms with Crippen molar-refractivity contribution in [2.45, 2.75) is 32.7 Å². The van der Waals surface area contributed by atoms with Crippen molar-refractivity contribution in [1.29, 1.82) is 0 Å². The number of anilines is 1. The average Bonchev–Trinajstić information content (AvgIpc) is 3.07. The number of urea groups is 1. The Morgan fingerprint density at radius 2 is 2.21 bits per heavy atom. The van der Waals surface area contributed by atoms with Gasteiger partial charge in [0.1, 0.15) is 6.04 Å². The first-order valence-electron chi connectivity index (χ1n) is 7.96. The van der Waals surface area contributed by atoms with E-state index in [4.69, 9.17) is 9.15 Å². The van der Waals surface area contributed by atoms with Crippen LogP contribution in [0.5, 0.6) is 0 Å². The molecule has 8 nitrogen and oxygen atoms in total. The molecule has 2 aromatic rings. The molecule has 1 aliphatic rings. The molecule has 3 rings (SSSR count). The van der Waals surface area contributed by atoms with Gasteiger partial charge in [-0.3, -0.25) is 4.98 Å². The van der Waals surface area contributed by atoms with Crippen LogP contribution in [-0.2, 0) is 4.74 Å². The molecule has 1 fully saturated rings. The Morgan fingerprint density at radius 1 is 1.38 bits per heavy atom. The van der Waals surface area contributed by atoms with Crippen molar-refractivity contribution < 1.29 is 13.9 Å². The van der Waals surface area contributed by atoms with Gasteiger partial charge in [-0.1, -0.05) is 13.8 Å². The molecule has 2 amide bonds. The van der Waals surface area contributed by atoms with Crippen LogP contribution in [0.2, 0.25) is 0 Å². The van der Waals surface area contributed by atoms with Crippen LogP contribution in [0, 0.1) is 6.92 Å². The molecule has 0 spiro atoms. The molecule has 8 heteroatoms. The maximum absolute atomic E-state index is 12.6. The molecule has 0 bridgehead atoms. The highest BCUT2D eigenvalue weighted by molar-refractivity contribution is 5.89. The van der Waals surface area contributed by atoms with Crippen LogP contribution in [-0.4, -0.2) is 45.9 Å². The number of morpholine rings is 1. The van der Waals surface area contributed by atoms with Gasteiger partial charge in [-0.05, 0) is 19.1 Å². The summed E-state index contributed by atoms with van der Waals surface area (Å²) in [6, 6.07) is 3.04. The Kier molecular flexibility index (Phi) is 4.75. The van der Waals surface area contributed by atoms with E-state index >= 15 is 0 Å². The molecule has 1 atom stereocenters. The van der Waals surface area contributed by atoms with Gasteiger partial charge >= 0.3 is 6.03 Å². The lowest BCUT2D eigenvalue weighted by molar-refractivity contribution is 0.00494. The summed E-state index contributed by atoms with van der Waals surface area (Å²) in [5, 5.41) is 11.0. The van der Waals surface area contributed by atoms with E-state index in [2.05, 4.69) is 20.5 Å². The van der Waals surface area contributed by atoms with Crippen LogP contribution >= 0.6 is 0 Å².